The molecule has 3 heterocycles. The first-order valence-corrected chi connectivity index (χ1v) is 12.0. The minimum absolute atomic E-state index is 0.0266. The van der Waals surface area contributed by atoms with Crippen LogP contribution in [0.4, 0.5) is 0 Å². The number of aromatic nitrogens is 2. The van der Waals surface area contributed by atoms with Gasteiger partial charge < -0.3 is 5.32 Å². The number of likely N-dealkylation sites (tertiary alicyclic amines) is 1. The number of hydrogen-bond acceptors (Lipinski definition) is 4. The van der Waals surface area contributed by atoms with E-state index in [1.807, 2.05) is 36.7 Å². The van der Waals surface area contributed by atoms with E-state index in [2.05, 4.69) is 51.9 Å². The van der Waals surface area contributed by atoms with Crippen LogP contribution in [0.5, 0.6) is 0 Å². The van der Waals surface area contributed by atoms with Gasteiger partial charge in [-0.2, -0.15) is 5.10 Å². The molecule has 1 saturated heterocycles. The summed E-state index contributed by atoms with van der Waals surface area (Å²) < 4.78 is 1.93. The Balaban J connectivity index is 1.47. The van der Waals surface area contributed by atoms with Crippen molar-refractivity contribution in [3.63, 3.8) is 0 Å². The van der Waals surface area contributed by atoms with Crippen LogP contribution in [-0.4, -0.2) is 40.2 Å². The van der Waals surface area contributed by atoms with Crippen molar-refractivity contribution in [2.24, 2.45) is 5.92 Å². The quantitative estimate of drug-likeness (QED) is 0.578. The van der Waals surface area contributed by atoms with Crippen LogP contribution in [0.25, 0.3) is 0 Å². The number of thiophene rings is 1. The van der Waals surface area contributed by atoms with Crippen molar-refractivity contribution < 1.29 is 4.79 Å². The Morgan fingerprint density at radius 1 is 1.16 bits per heavy atom. The van der Waals surface area contributed by atoms with Crippen molar-refractivity contribution in [2.75, 3.05) is 19.6 Å². The van der Waals surface area contributed by atoms with Gasteiger partial charge in [-0.3, -0.25) is 14.4 Å². The van der Waals surface area contributed by atoms with E-state index < -0.39 is 0 Å². The molecule has 1 aliphatic rings. The van der Waals surface area contributed by atoms with Crippen LogP contribution < -0.4 is 5.32 Å². The molecule has 1 aliphatic heterocycles. The van der Waals surface area contributed by atoms with Crippen molar-refractivity contribution in [3.8, 4) is 0 Å². The van der Waals surface area contributed by atoms with Gasteiger partial charge in [-0.15, -0.1) is 11.3 Å². The predicted octanol–water partition coefficient (Wildman–Crippen LogP) is 4.81. The third kappa shape index (κ3) is 5.08. The minimum Gasteiger partial charge on any atom is -0.350 e. The van der Waals surface area contributed by atoms with Gasteiger partial charge in [0.2, 0.25) is 0 Å². The van der Waals surface area contributed by atoms with E-state index in [-0.39, 0.29) is 11.9 Å². The summed E-state index contributed by atoms with van der Waals surface area (Å²) >= 11 is 1.78. The Kier molecular flexibility index (Phi) is 6.88. The van der Waals surface area contributed by atoms with Gasteiger partial charge in [0.1, 0.15) is 0 Å². The summed E-state index contributed by atoms with van der Waals surface area (Å²) in [5.41, 5.74) is 3.58. The van der Waals surface area contributed by atoms with Crippen LogP contribution in [0.15, 0.2) is 47.8 Å². The Hall–Kier alpha value is -2.44. The van der Waals surface area contributed by atoms with Gasteiger partial charge >= 0.3 is 0 Å². The molecule has 0 spiro atoms. The monoisotopic (exact) mass is 436 g/mol. The number of benzene rings is 1. The number of carbonyl (C=O) groups is 1. The van der Waals surface area contributed by atoms with Gasteiger partial charge in [-0.05, 0) is 62.7 Å². The molecule has 31 heavy (non-hydrogen) atoms. The molecule has 0 radical (unpaired) electrons. The molecule has 1 unspecified atom stereocenters. The van der Waals surface area contributed by atoms with Crippen LogP contribution >= 0.6 is 11.3 Å². The van der Waals surface area contributed by atoms with Crippen LogP contribution in [0, 0.1) is 19.8 Å². The average Bonchev–Trinajstić information content (AvgIpc) is 3.39. The smallest absolute Gasteiger partial charge is 0.255 e. The Labute approximate surface area is 189 Å². The van der Waals surface area contributed by atoms with Crippen molar-refractivity contribution >= 4 is 17.2 Å². The van der Waals surface area contributed by atoms with E-state index in [9.17, 15) is 4.79 Å². The highest BCUT2D eigenvalue weighted by Crippen LogP contribution is 2.29. The van der Waals surface area contributed by atoms with E-state index in [1.54, 1.807) is 11.3 Å². The van der Waals surface area contributed by atoms with Gasteiger partial charge in [0.05, 0.1) is 23.8 Å². The molecule has 164 valence electrons. The topological polar surface area (TPSA) is 50.2 Å². The molecule has 1 fully saturated rings. The lowest BCUT2D eigenvalue weighted by Gasteiger charge is -2.36. The number of aryl methyl sites for hydroxylation is 1. The highest BCUT2D eigenvalue weighted by atomic mass is 32.1. The van der Waals surface area contributed by atoms with Gasteiger partial charge in [0.25, 0.3) is 5.91 Å². The predicted molar refractivity (Wildman–Crippen MR) is 127 cm³/mol. The van der Waals surface area contributed by atoms with Gasteiger partial charge in [-0.1, -0.05) is 43.3 Å². The SMILES string of the molecule is Cc1nn(Cc2ccccc2)c(C)c1C(=O)NCC(c1cccs1)N1CCC(C)CC1. The third-order valence-corrected chi connectivity index (χ3v) is 7.34. The molecule has 5 nitrogen and oxygen atoms in total. The second-order valence-electron chi connectivity index (χ2n) is 8.65. The molecule has 4 rings (SSSR count). The van der Waals surface area contributed by atoms with E-state index in [4.69, 9.17) is 0 Å². The summed E-state index contributed by atoms with van der Waals surface area (Å²) in [6, 6.07) is 14.8. The highest BCUT2D eigenvalue weighted by Gasteiger charge is 2.27. The van der Waals surface area contributed by atoms with Crippen LogP contribution in [-0.2, 0) is 6.54 Å². The fraction of sp³-hybridized carbons (Fsp3) is 0.440. The number of carbonyl (C=O) groups excluding carboxylic acids is 1. The van der Waals surface area contributed by atoms with Crippen LogP contribution in [0.1, 0.15) is 58.0 Å². The molecular weight excluding hydrogens is 404 g/mol. The maximum Gasteiger partial charge on any atom is 0.255 e. The summed E-state index contributed by atoms with van der Waals surface area (Å²) in [4.78, 5) is 17.0. The molecule has 0 saturated carbocycles. The lowest BCUT2D eigenvalue weighted by atomic mass is 9.97. The van der Waals surface area contributed by atoms with Crippen molar-refractivity contribution in [3.05, 3.63) is 75.2 Å². The lowest BCUT2D eigenvalue weighted by molar-refractivity contribution is 0.0913. The van der Waals surface area contributed by atoms with E-state index in [0.717, 1.165) is 30.4 Å². The molecule has 1 atom stereocenters. The Morgan fingerprint density at radius 3 is 2.58 bits per heavy atom. The average molecular weight is 437 g/mol. The number of hydrogen-bond donors (Lipinski definition) is 1. The molecule has 1 N–H and O–H groups in total. The van der Waals surface area contributed by atoms with Crippen molar-refractivity contribution in [1.29, 1.82) is 0 Å². The largest absolute Gasteiger partial charge is 0.350 e. The van der Waals surface area contributed by atoms with Gasteiger partial charge in [0, 0.05) is 17.1 Å². The Morgan fingerprint density at radius 2 is 1.90 bits per heavy atom. The number of amides is 1. The number of rotatable bonds is 7. The van der Waals surface area contributed by atoms with E-state index >= 15 is 0 Å². The first kappa shape index (κ1) is 21.8. The lowest BCUT2D eigenvalue weighted by Crippen LogP contribution is -2.41. The first-order chi connectivity index (χ1) is 15.0. The zero-order valence-corrected chi connectivity index (χ0v) is 19.5. The maximum absolute atomic E-state index is 13.2. The fourth-order valence-electron chi connectivity index (χ4n) is 4.44. The molecule has 3 aromatic rings. The third-order valence-electron chi connectivity index (χ3n) is 6.37. The second-order valence-corrected chi connectivity index (χ2v) is 9.63. The molecule has 0 bridgehead atoms. The Bertz CT molecular complexity index is 988. The van der Waals surface area contributed by atoms with Gasteiger partial charge in [0.15, 0.2) is 0 Å². The molecular formula is C25H32N4OS. The van der Waals surface area contributed by atoms with Crippen molar-refractivity contribution in [1.82, 2.24) is 20.0 Å². The molecule has 6 heteroatoms. The number of nitrogens with one attached hydrogen (secondary N) is 1. The van der Waals surface area contributed by atoms with Gasteiger partial charge in [-0.25, -0.2) is 0 Å². The molecule has 0 aliphatic carbocycles. The summed E-state index contributed by atoms with van der Waals surface area (Å²) in [5.74, 6) is 0.761. The molecule has 1 amide bonds. The minimum atomic E-state index is -0.0266. The summed E-state index contributed by atoms with van der Waals surface area (Å²) in [7, 11) is 0. The fourth-order valence-corrected chi connectivity index (χ4v) is 5.31. The number of nitrogens with zero attached hydrogens (tertiary/aromatic N) is 3. The van der Waals surface area contributed by atoms with E-state index in [0.29, 0.717) is 18.7 Å². The summed E-state index contributed by atoms with van der Waals surface area (Å²) in [6.07, 6.45) is 2.45. The maximum atomic E-state index is 13.2. The zero-order valence-electron chi connectivity index (χ0n) is 18.7. The standard InChI is InChI=1S/C25H32N4OS/c1-18-11-13-28(14-12-18)22(23-10-7-15-31-23)16-26-25(30)24-19(2)27-29(20(24)3)17-21-8-5-4-6-9-21/h4-10,15,18,22H,11-14,16-17H2,1-3H3,(H,26,30). The highest BCUT2D eigenvalue weighted by molar-refractivity contribution is 7.10. The summed E-state index contributed by atoms with van der Waals surface area (Å²) in [6.45, 7) is 9.71. The normalized spacial score (nSPS) is 16.4. The molecule has 1 aromatic carbocycles. The van der Waals surface area contributed by atoms with Crippen LogP contribution in [0.2, 0.25) is 0 Å². The zero-order chi connectivity index (χ0) is 21.8. The summed E-state index contributed by atoms with van der Waals surface area (Å²) in [5, 5.41) is 10.0. The first-order valence-electron chi connectivity index (χ1n) is 11.2. The number of piperidine rings is 1. The van der Waals surface area contributed by atoms with E-state index in [1.165, 1.54) is 23.3 Å². The van der Waals surface area contributed by atoms with Crippen LogP contribution in [0.3, 0.4) is 0 Å². The molecule has 2 aromatic heterocycles. The van der Waals surface area contributed by atoms with Crippen molar-refractivity contribution in [2.45, 2.75) is 46.2 Å². The second kappa shape index (κ2) is 9.79.